The standard InChI is InChI=1S/C17H22N2O/c1-13(18)17(16-9-5-11-20-16)19-10-4-8-14-6-2-3-7-15(14)12-19/h2-3,5-7,9,11,13,17H,4,8,10,12,18H2,1H3. The molecule has 3 nitrogen and oxygen atoms in total. The van der Waals surface area contributed by atoms with E-state index in [1.807, 2.05) is 12.1 Å². The number of hydrogen-bond acceptors (Lipinski definition) is 3. The maximum absolute atomic E-state index is 6.23. The van der Waals surface area contributed by atoms with Gasteiger partial charge in [-0.3, -0.25) is 4.90 Å². The number of hydrogen-bond donors (Lipinski definition) is 1. The number of nitrogens with two attached hydrogens (primary N) is 1. The molecule has 0 amide bonds. The fourth-order valence-corrected chi connectivity index (χ4v) is 3.19. The van der Waals surface area contributed by atoms with E-state index in [1.54, 1.807) is 6.26 Å². The van der Waals surface area contributed by atoms with Crippen molar-refractivity contribution < 1.29 is 4.42 Å². The average molecular weight is 270 g/mol. The van der Waals surface area contributed by atoms with Crippen LogP contribution in [0.2, 0.25) is 0 Å². The predicted octanol–water partition coefficient (Wildman–Crippen LogP) is 3.12. The van der Waals surface area contributed by atoms with Crippen molar-refractivity contribution in [3.05, 3.63) is 59.5 Å². The summed E-state index contributed by atoms with van der Waals surface area (Å²) in [5, 5.41) is 0. The molecule has 1 aromatic carbocycles. The fourth-order valence-electron chi connectivity index (χ4n) is 3.19. The zero-order chi connectivity index (χ0) is 13.9. The molecule has 0 bridgehead atoms. The number of aryl methyl sites for hydroxylation is 1. The second-order valence-corrected chi connectivity index (χ2v) is 5.66. The van der Waals surface area contributed by atoms with E-state index in [9.17, 15) is 0 Å². The Bertz CT molecular complexity index is 548. The van der Waals surface area contributed by atoms with Crippen molar-refractivity contribution in [2.24, 2.45) is 5.73 Å². The van der Waals surface area contributed by atoms with Crippen LogP contribution in [0.1, 0.15) is 36.3 Å². The number of nitrogens with zero attached hydrogens (tertiary/aromatic N) is 1. The Morgan fingerprint density at radius 2 is 1.95 bits per heavy atom. The molecule has 3 heteroatoms. The van der Waals surface area contributed by atoms with Gasteiger partial charge in [0, 0.05) is 12.6 Å². The summed E-state index contributed by atoms with van der Waals surface area (Å²) in [6, 6.07) is 12.9. The van der Waals surface area contributed by atoms with Crippen LogP contribution in [0.5, 0.6) is 0 Å². The Morgan fingerprint density at radius 3 is 2.65 bits per heavy atom. The monoisotopic (exact) mass is 270 g/mol. The molecule has 1 aliphatic heterocycles. The summed E-state index contributed by atoms with van der Waals surface area (Å²) in [5.41, 5.74) is 9.12. The van der Waals surface area contributed by atoms with E-state index in [4.69, 9.17) is 10.2 Å². The van der Waals surface area contributed by atoms with Gasteiger partial charge in [0.1, 0.15) is 5.76 Å². The Kier molecular flexibility index (Phi) is 3.90. The molecule has 3 rings (SSSR count). The molecule has 0 aliphatic carbocycles. The van der Waals surface area contributed by atoms with Crippen LogP contribution in [0.3, 0.4) is 0 Å². The molecule has 1 aliphatic rings. The van der Waals surface area contributed by atoms with Crippen molar-refractivity contribution in [1.29, 1.82) is 0 Å². The molecule has 2 N–H and O–H groups in total. The zero-order valence-electron chi connectivity index (χ0n) is 12.0. The normalized spacial score (nSPS) is 19.1. The molecule has 0 saturated heterocycles. The maximum atomic E-state index is 6.23. The van der Waals surface area contributed by atoms with E-state index in [1.165, 1.54) is 17.5 Å². The second-order valence-electron chi connectivity index (χ2n) is 5.66. The summed E-state index contributed by atoms with van der Waals surface area (Å²) in [7, 11) is 0. The minimum atomic E-state index is 0.0476. The van der Waals surface area contributed by atoms with E-state index >= 15 is 0 Å². The van der Waals surface area contributed by atoms with Gasteiger partial charge >= 0.3 is 0 Å². The highest BCUT2D eigenvalue weighted by atomic mass is 16.3. The van der Waals surface area contributed by atoms with Gasteiger partial charge in [0.05, 0.1) is 12.3 Å². The average Bonchev–Trinajstić information content (AvgIpc) is 2.85. The molecule has 0 spiro atoms. The third kappa shape index (κ3) is 2.65. The van der Waals surface area contributed by atoms with Crippen LogP contribution in [0, 0.1) is 0 Å². The van der Waals surface area contributed by atoms with E-state index in [0.717, 1.165) is 25.3 Å². The first kappa shape index (κ1) is 13.4. The zero-order valence-corrected chi connectivity index (χ0v) is 12.0. The van der Waals surface area contributed by atoms with Crippen LogP contribution in [0.4, 0.5) is 0 Å². The van der Waals surface area contributed by atoms with Crippen molar-refractivity contribution in [2.75, 3.05) is 6.54 Å². The summed E-state index contributed by atoms with van der Waals surface area (Å²) in [4.78, 5) is 2.45. The van der Waals surface area contributed by atoms with E-state index < -0.39 is 0 Å². The van der Waals surface area contributed by atoms with Crippen LogP contribution in [-0.4, -0.2) is 17.5 Å². The molecule has 0 saturated carbocycles. The van der Waals surface area contributed by atoms with E-state index in [0.29, 0.717) is 0 Å². The molecule has 20 heavy (non-hydrogen) atoms. The van der Waals surface area contributed by atoms with Gasteiger partial charge < -0.3 is 10.2 Å². The summed E-state index contributed by atoms with van der Waals surface area (Å²) in [6.45, 7) is 4.06. The first-order chi connectivity index (χ1) is 9.75. The van der Waals surface area contributed by atoms with E-state index in [-0.39, 0.29) is 12.1 Å². The van der Waals surface area contributed by atoms with Gasteiger partial charge in [-0.05, 0) is 49.6 Å². The first-order valence-electron chi connectivity index (χ1n) is 7.35. The molecule has 2 unspecified atom stereocenters. The van der Waals surface area contributed by atoms with Crippen LogP contribution in [0.15, 0.2) is 47.1 Å². The molecule has 2 atom stereocenters. The number of benzene rings is 1. The topological polar surface area (TPSA) is 42.4 Å². The summed E-state index contributed by atoms with van der Waals surface area (Å²) in [5.74, 6) is 0.972. The van der Waals surface area contributed by atoms with Crippen LogP contribution >= 0.6 is 0 Å². The van der Waals surface area contributed by atoms with E-state index in [2.05, 4.69) is 36.1 Å². The number of fused-ring (bicyclic) bond motifs is 1. The quantitative estimate of drug-likeness (QED) is 0.931. The third-order valence-electron chi connectivity index (χ3n) is 4.11. The molecule has 2 aromatic rings. The van der Waals surface area contributed by atoms with Gasteiger partial charge in [-0.1, -0.05) is 24.3 Å². The molecule has 106 valence electrons. The van der Waals surface area contributed by atoms with Crippen molar-refractivity contribution in [3.63, 3.8) is 0 Å². The minimum Gasteiger partial charge on any atom is -0.468 e. The van der Waals surface area contributed by atoms with Crippen LogP contribution in [-0.2, 0) is 13.0 Å². The van der Waals surface area contributed by atoms with Crippen molar-refractivity contribution in [1.82, 2.24) is 4.90 Å². The SMILES string of the molecule is CC(N)C(c1ccco1)N1CCCc2ccccc2C1. The highest BCUT2D eigenvalue weighted by Gasteiger charge is 2.28. The predicted molar refractivity (Wildman–Crippen MR) is 80.3 cm³/mol. The third-order valence-corrected chi connectivity index (χ3v) is 4.11. The molecular weight excluding hydrogens is 248 g/mol. The van der Waals surface area contributed by atoms with Crippen molar-refractivity contribution in [3.8, 4) is 0 Å². The summed E-state index contributed by atoms with van der Waals surface area (Å²) in [6.07, 6.45) is 4.05. The second kappa shape index (κ2) is 5.81. The van der Waals surface area contributed by atoms with Gasteiger partial charge in [-0.25, -0.2) is 0 Å². The smallest absolute Gasteiger partial charge is 0.122 e. The largest absolute Gasteiger partial charge is 0.468 e. The molecular formula is C17H22N2O. The van der Waals surface area contributed by atoms with Crippen molar-refractivity contribution in [2.45, 2.75) is 38.4 Å². The molecule has 1 aromatic heterocycles. The lowest BCUT2D eigenvalue weighted by molar-refractivity contribution is 0.149. The molecule has 0 fully saturated rings. The highest BCUT2D eigenvalue weighted by Crippen LogP contribution is 2.29. The van der Waals surface area contributed by atoms with Crippen LogP contribution in [0.25, 0.3) is 0 Å². The Morgan fingerprint density at radius 1 is 1.15 bits per heavy atom. The lowest BCUT2D eigenvalue weighted by Crippen LogP contribution is -2.39. The summed E-state index contributed by atoms with van der Waals surface area (Å²) >= 11 is 0. The van der Waals surface area contributed by atoms with Gasteiger partial charge in [-0.15, -0.1) is 0 Å². The minimum absolute atomic E-state index is 0.0476. The Labute approximate surface area is 120 Å². The van der Waals surface area contributed by atoms with Crippen molar-refractivity contribution >= 4 is 0 Å². The Hall–Kier alpha value is -1.58. The van der Waals surface area contributed by atoms with Gasteiger partial charge in [0.15, 0.2) is 0 Å². The van der Waals surface area contributed by atoms with Crippen LogP contribution < -0.4 is 5.73 Å². The maximum Gasteiger partial charge on any atom is 0.122 e. The first-order valence-corrected chi connectivity index (χ1v) is 7.35. The Balaban J connectivity index is 1.89. The highest BCUT2D eigenvalue weighted by molar-refractivity contribution is 5.28. The molecule has 0 radical (unpaired) electrons. The number of rotatable bonds is 3. The van der Waals surface area contributed by atoms with Gasteiger partial charge in [0.25, 0.3) is 0 Å². The molecule has 2 heterocycles. The lowest BCUT2D eigenvalue weighted by atomic mass is 10.0. The lowest BCUT2D eigenvalue weighted by Gasteiger charge is -2.32. The van der Waals surface area contributed by atoms with Gasteiger partial charge in [-0.2, -0.15) is 0 Å². The number of furan rings is 1. The fraction of sp³-hybridized carbons (Fsp3) is 0.412. The summed E-state index contributed by atoms with van der Waals surface area (Å²) < 4.78 is 5.62. The van der Waals surface area contributed by atoms with Gasteiger partial charge in [0.2, 0.25) is 0 Å².